The maximum Gasteiger partial charge on any atom is 0.147 e. The number of ether oxygens (including phenoxy) is 2. The van der Waals surface area contributed by atoms with Crippen molar-refractivity contribution in [1.29, 1.82) is 0 Å². The van der Waals surface area contributed by atoms with Gasteiger partial charge in [0.25, 0.3) is 0 Å². The first kappa shape index (κ1) is 11.0. The van der Waals surface area contributed by atoms with Crippen LogP contribution in [0.15, 0.2) is 0 Å². The van der Waals surface area contributed by atoms with E-state index in [1.807, 2.05) is 6.92 Å². The molecular formula is C10H21NO2. The predicted molar refractivity (Wildman–Crippen MR) is 52.4 cm³/mol. The maximum absolute atomic E-state index is 5.59. The fourth-order valence-electron chi connectivity index (χ4n) is 0.989. The fraction of sp³-hybridized carbons (Fsp3) is 1.00. The molecule has 0 heterocycles. The van der Waals surface area contributed by atoms with Gasteiger partial charge in [-0.1, -0.05) is 6.92 Å². The van der Waals surface area contributed by atoms with Gasteiger partial charge in [-0.3, -0.25) is 0 Å². The van der Waals surface area contributed by atoms with E-state index in [0.717, 1.165) is 18.9 Å². The summed E-state index contributed by atoms with van der Waals surface area (Å²) in [6.45, 7) is 5.89. The van der Waals surface area contributed by atoms with Crippen LogP contribution in [0.3, 0.4) is 0 Å². The molecule has 1 atom stereocenters. The van der Waals surface area contributed by atoms with Crippen molar-refractivity contribution >= 4 is 0 Å². The molecule has 0 aromatic carbocycles. The molecule has 1 aliphatic carbocycles. The van der Waals surface area contributed by atoms with Gasteiger partial charge in [0.2, 0.25) is 0 Å². The number of hydrogen-bond acceptors (Lipinski definition) is 3. The summed E-state index contributed by atoms with van der Waals surface area (Å²) in [5.74, 6) is 0.800. The van der Waals surface area contributed by atoms with Gasteiger partial charge in [-0.15, -0.1) is 0 Å². The topological polar surface area (TPSA) is 44.5 Å². The fourth-order valence-corrected chi connectivity index (χ4v) is 0.989. The van der Waals surface area contributed by atoms with Gasteiger partial charge in [-0.2, -0.15) is 0 Å². The molecule has 1 unspecified atom stereocenters. The number of rotatable bonds is 7. The average Bonchev–Trinajstić information content (AvgIpc) is 2.96. The Morgan fingerprint density at radius 1 is 1.46 bits per heavy atom. The van der Waals surface area contributed by atoms with Gasteiger partial charge in [0, 0.05) is 6.54 Å². The normalized spacial score (nSPS) is 21.5. The van der Waals surface area contributed by atoms with Crippen molar-refractivity contribution in [3.8, 4) is 0 Å². The molecule has 3 heteroatoms. The van der Waals surface area contributed by atoms with E-state index in [1.165, 1.54) is 12.8 Å². The summed E-state index contributed by atoms with van der Waals surface area (Å²) in [5, 5.41) is 0. The summed E-state index contributed by atoms with van der Waals surface area (Å²) in [6, 6.07) is 0. The van der Waals surface area contributed by atoms with Gasteiger partial charge < -0.3 is 15.2 Å². The highest BCUT2D eigenvalue weighted by molar-refractivity contribution is 4.74. The molecule has 0 bridgehead atoms. The van der Waals surface area contributed by atoms with Gasteiger partial charge in [-0.25, -0.2) is 0 Å². The largest absolute Gasteiger partial charge is 0.355 e. The summed E-state index contributed by atoms with van der Waals surface area (Å²) in [5.41, 5.74) is 5.39. The Morgan fingerprint density at radius 3 is 2.62 bits per heavy atom. The van der Waals surface area contributed by atoms with Crippen LogP contribution in [0.2, 0.25) is 0 Å². The zero-order chi connectivity index (χ0) is 9.73. The molecule has 0 radical (unpaired) electrons. The molecule has 0 aliphatic heterocycles. The molecule has 1 aliphatic rings. The summed E-state index contributed by atoms with van der Waals surface area (Å²) >= 11 is 0. The Balaban J connectivity index is 2.01. The van der Waals surface area contributed by atoms with Crippen LogP contribution in [-0.4, -0.2) is 25.5 Å². The van der Waals surface area contributed by atoms with Crippen molar-refractivity contribution in [3.05, 3.63) is 0 Å². The van der Waals surface area contributed by atoms with Crippen molar-refractivity contribution < 1.29 is 9.47 Å². The standard InChI is InChI=1S/C10H21NO2/c1-3-10(2,7-11)13-8-12-6-9-4-5-9/h9H,3-8,11H2,1-2H3. The zero-order valence-corrected chi connectivity index (χ0v) is 8.71. The van der Waals surface area contributed by atoms with E-state index in [1.54, 1.807) is 0 Å². The minimum Gasteiger partial charge on any atom is -0.355 e. The second kappa shape index (κ2) is 4.94. The van der Waals surface area contributed by atoms with Gasteiger partial charge in [-0.05, 0) is 32.1 Å². The Kier molecular flexibility index (Phi) is 4.16. The lowest BCUT2D eigenvalue weighted by Gasteiger charge is -2.26. The van der Waals surface area contributed by atoms with E-state index in [0.29, 0.717) is 13.3 Å². The first-order valence-corrected chi connectivity index (χ1v) is 5.12. The Hall–Kier alpha value is -0.120. The van der Waals surface area contributed by atoms with Crippen LogP contribution in [0.25, 0.3) is 0 Å². The molecule has 3 nitrogen and oxygen atoms in total. The first-order chi connectivity index (χ1) is 6.20. The van der Waals surface area contributed by atoms with Crippen molar-refractivity contribution in [3.63, 3.8) is 0 Å². The lowest BCUT2D eigenvalue weighted by molar-refractivity contribution is -0.134. The van der Waals surface area contributed by atoms with Gasteiger partial charge in [0.15, 0.2) is 0 Å². The molecular weight excluding hydrogens is 166 g/mol. The second-order valence-corrected chi connectivity index (χ2v) is 4.08. The van der Waals surface area contributed by atoms with Crippen LogP contribution in [0.4, 0.5) is 0 Å². The van der Waals surface area contributed by atoms with Crippen LogP contribution >= 0.6 is 0 Å². The zero-order valence-electron chi connectivity index (χ0n) is 8.71. The predicted octanol–water partition coefficient (Wildman–Crippen LogP) is 1.51. The molecule has 1 saturated carbocycles. The highest BCUT2D eigenvalue weighted by Crippen LogP contribution is 2.28. The molecule has 1 fully saturated rings. The van der Waals surface area contributed by atoms with E-state index < -0.39 is 0 Å². The minimum absolute atomic E-state index is 0.205. The summed E-state index contributed by atoms with van der Waals surface area (Å²) < 4.78 is 10.9. The molecule has 0 aromatic rings. The molecule has 0 saturated heterocycles. The molecule has 0 amide bonds. The third-order valence-corrected chi connectivity index (χ3v) is 2.72. The first-order valence-electron chi connectivity index (χ1n) is 5.12. The average molecular weight is 187 g/mol. The van der Waals surface area contributed by atoms with Crippen LogP contribution in [0, 0.1) is 5.92 Å². The third kappa shape index (κ3) is 4.07. The lowest BCUT2D eigenvalue weighted by atomic mass is 10.0. The molecule has 0 aromatic heterocycles. The van der Waals surface area contributed by atoms with E-state index in [2.05, 4.69) is 6.92 Å². The number of nitrogens with two attached hydrogens (primary N) is 1. The SMILES string of the molecule is CCC(C)(CN)OCOCC1CC1. The van der Waals surface area contributed by atoms with Gasteiger partial charge in [0.1, 0.15) is 6.79 Å². The summed E-state index contributed by atoms with van der Waals surface area (Å²) in [7, 11) is 0. The molecule has 0 spiro atoms. The van der Waals surface area contributed by atoms with Crippen molar-refractivity contribution in [1.82, 2.24) is 0 Å². The Labute approximate surface area is 80.6 Å². The van der Waals surface area contributed by atoms with Crippen LogP contribution in [0.1, 0.15) is 33.1 Å². The highest BCUT2D eigenvalue weighted by Gasteiger charge is 2.23. The smallest absolute Gasteiger partial charge is 0.147 e. The monoisotopic (exact) mass is 187 g/mol. The van der Waals surface area contributed by atoms with E-state index in [-0.39, 0.29) is 5.60 Å². The molecule has 1 rings (SSSR count). The summed E-state index contributed by atoms with van der Waals surface area (Å²) in [4.78, 5) is 0. The highest BCUT2D eigenvalue weighted by atomic mass is 16.7. The minimum atomic E-state index is -0.205. The quantitative estimate of drug-likeness (QED) is 0.485. The third-order valence-electron chi connectivity index (χ3n) is 2.72. The lowest BCUT2D eigenvalue weighted by Crippen LogP contribution is -2.37. The molecule has 2 N–H and O–H groups in total. The van der Waals surface area contributed by atoms with Crippen LogP contribution in [-0.2, 0) is 9.47 Å². The summed E-state index contributed by atoms with van der Waals surface area (Å²) in [6.07, 6.45) is 3.57. The Bertz CT molecular complexity index is 142. The van der Waals surface area contributed by atoms with Crippen molar-refractivity contribution in [2.24, 2.45) is 11.7 Å². The van der Waals surface area contributed by atoms with Crippen molar-refractivity contribution in [2.45, 2.75) is 38.7 Å². The Morgan fingerprint density at radius 2 is 2.15 bits per heavy atom. The van der Waals surface area contributed by atoms with Crippen LogP contribution < -0.4 is 5.73 Å². The van der Waals surface area contributed by atoms with Crippen molar-refractivity contribution in [2.75, 3.05) is 19.9 Å². The van der Waals surface area contributed by atoms with E-state index in [4.69, 9.17) is 15.2 Å². The van der Waals surface area contributed by atoms with E-state index >= 15 is 0 Å². The van der Waals surface area contributed by atoms with E-state index in [9.17, 15) is 0 Å². The number of hydrogen-bond donors (Lipinski definition) is 1. The second-order valence-electron chi connectivity index (χ2n) is 4.08. The molecule has 78 valence electrons. The van der Waals surface area contributed by atoms with Crippen LogP contribution in [0.5, 0.6) is 0 Å². The molecule has 13 heavy (non-hydrogen) atoms. The van der Waals surface area contributed by atoms with Gasteiger partial charge >= 0.3 is 0 Å². The maximum atomic E-state index is 5.59. The van der Waals surface area contributed by atoms with Gasteiger partial charge in [0.05, 0.1) is 12.2 Å².